The van der Waals surface area contributed by atoms with Gasteiger partial charge in [-0.1, -0.05) is 5.92 Å². The average molecular weight is 330 g/mol. The normalized spacial score (nSPS) is 11.5. The monoisotopic (exact) mass is 330 g/mol. The third kappa shape index (κ3) is 4.81. The van der Waals surface area contributed by atoms with Crippen LogP contribution in [-0.4, -0.2) is 42.1 Å². The molecule has 0 aliphatic rings. The van der Waals surface area contributed by atoms with Gasteiger partial charge >= 0.3 is 5.97 Å². The first kappa shape index (κ1) is 17.6. The fourth-order valence-electron chi connectivity index (χ4n) is 1.66. The smallest absolute Gasteiger partial charge is 0.352 e. The highest BCUT2D eigenvalue weighted by molar-refractivity contribution is 7.99. The van der Waals surface area contributed by atoms with E-state index in [0.717, 1.165) is 0 Å². The number of hydrogen-bond donors (Lipinski definition) is 2. The van der Waals surface area contributed by atoms with E-state index in [0.29, 0.717) is 11.5 Å². The number of nitrogens with one attached hydrogen (secondary N) is 1. The van der Waals surface area contributed by atoms with Gasteiger partial charge in [-0.2, -0.15) is 0 Å². The van der Waals surface area contributed by atoms with Crippen molar-refractivity contribution in [1.29, 1.82) is 0 Å². The van der Waals surface area contributed by atoms with Crippen LogP contribution in [0.25, 0.3) is 0 Å². The Balaban J connectivity index is 2.86. The zero-order chi connectivity index (χ0) is 16.0. The summed E-state index contributed by atoms with van der Waals surface area (Å²) in [4.78, 5) is 11.1. The number of hydrogen-bond acceptors (Lipinski definition) is 4. The lowest BCUT2D eigenvalue weighted by Crippen LogP contribution is -2.25. The molecule has 1 aromatic heterocycles. The van der Waals surface area contributed by atoms with Crippen molar-refractivity contribution >= 4 is 27.8 Å². The molecule has 21 heavy (non-hydrogen) atoms. The van der Waals surface area contributed by atoms with Gasteiger partial charge in [0, 0.05) is 24.5 Å². The summed E-state index contributed by atoms with van der Waals surface area (Å²) in [6.45, 7) is 3.81. The Morgan fingerprint density at radius 1 is 1.57 bits per heavy atom. The van der Waals surface area contributed by atoms with Gasteiger partial charge in [0.2, 0.25) is 10.0 Å². The Morgan fingerprint density at radius 3 is 2.71 bits per heavy atom. The fourth-order valence-corrected chi connectivity index (χ4v) is 3.36. The van der Waals surface area contributed by atoms with Crippen molar-refractivity contribution in [3.05, 3.63) is 18.0 Å². The molecule has 8 heteroatoms. The molecular formula is C13H18N2O4S2. The van der Waals surface area contributed by atoms with Crippen LogP contribution in [0.2, 0.25) is 0 Å². The maximum Gasteiger partial charge on any atom is 0.352 e. The van der Waals surface area contributed by atoms with Crippen molar-refractivity contribution in [2.45, 2.75) is 24.8 Å². The van der Waals surface area contributed by atoms with Gasteiger partial charge in [0.1, 0.15) is 10.6 Å². The summed E-state index contributed by atoms with van der Waals surface area (Å²) in [5, 5.41) is 9.11. The van der Waals surface area contributed by atoms with Gasteiger partial charge in [-0.15, -0.1) is 18.2 Å². The summed E-state index contributed by atoms with van der Waals surface area (Å²) in [5.41, 5.74) is -0.0490. The predicted molar refractivity (Wildman–Crippen MR) is 83.1 cm³/mol. The first-order valence-electron chi connectivity index (χ1n) is 6.25. The average Bonchev–Trinajstić information content (AvgIpc) is 2.84. The van der Waals surface area contributed by atoms with Gasteiger partial charge in [-0.3, -0.25) is 0 Å². The highest BCUT2D eigenvalue weighted by Crippen LogP contribution is 2.19. The maximum absolute atomic E-state index is 12.1. The number of carboxylic acids is 1. The van der Waals surface area contributed by atoms with Gasteiger partial charge < -0.3 is 9.67 Å². The van der Waals surface area contributed by atoms with E-state index in [-0.39, 0.29) is 23.2 Å². The minimum atomic E-state index is -3.72. The quantitative estimate of drug-likeness (QED) is 0.556. The summed E-state index contributed by atoms with van der Waals surface area (Å²) in [6.07, 6.45) is 6.43. The number of terminal acetylenes is 1. The van der Waals surface area contributed by atoms with E-state index in [9.17, 15) is 13.2 Å². The molecule has 1 rings (SSSR count). The van der Waals surface area contributed by atoms with E-state index >= 15 is 0 Å². The largest absolute Gasteiger partial charge is 0.477 e. The number of aromatic carboxylic acids is 1. The molecule has 0 amide bonds. The Labute approximate surface area is 129 Å². The molecule has 0 aliphatic heterocycles. The lowest BCUT2D eigenvalue weighted by Gasteiger charge is -2.09. The number of carbonyl (C=O) groups is 1. The second kappa shape index (κ2) is 7.54. The molecule has 1 aromatic rings. The molecule has 0 saturated carbocycles. The van der Waals surface area contributed by atoms with E-state index in [1.807, 2.05) is 0 Å². The number of aromatic nitrogens is 1. The molecule has 0 aromatic carbocycles. The maximum atomic E-state index is 12.1. The predicted octanol–water partition coefficient (Wildman–Crippen LogP) is 1.41. The van der Waals surface area contributed by atoms with E-state index in [1.54, 1.807) is 13.8 Å². The molecule has 6 nitrogen and oxygen atoms in total. The highest BCUT2D eigenvalue weighted by atomic mass is 32.2. The van der Waals surface area contributed by atoms with E-state index in [1.165, 1.54) is 28.6 Å². The summed E-state index contributed by atoms with van der Waals surface area (Å²) < 4.78 is 28.1. The SMILES string of the molecule is C#CCSCCNS(=O)(=O)c1cc(C(=O)O)n(C(C)C)c1. The van der Waals surface area contributed by atoms with E-state index in [4.69, 9.17) is 11.5 Å². The lowest BCUT2D eigenvalue weighted by molar-refractivity contribution is 0.0683. The van der Waals surface area contributed by atoms with Crippen molar-refractivity contribution in [3.8, 4) is 12.3 Å². The number of carboxylic acid groups (broad SMARTS) is 1. The van der Waals surface area contributed by atoms with Crippen molar-refractivity contribution in [3.63, 3.8) is 0 Å². The lowest BCUT2D eigenvalue weighted by atomic mass is 10.3. The highest BCUT2D eigenvalue weighted by Gasteiger charge is 2.22. The van der Waals surface area contributed by atoms with Gasteiger partial charge in [-0.25, -0.2) is 17.9 Å². The number of thioether (sulfide) groups is 1. The van der Waals surface area contributed by atoms with Crippen LogP contribution in [0.5, 0.6) is 0 Å². The van der Waals surface area contributed by atoms with Crippen LogP contribution in [0.3, 0.4) is 0 Å². The van der Waals surface area contributed by atoms with Crippen molar-refractivity contribution < 1.29 is 18.3 Å². The number of sulfonamides is 1. The van der Waals surface area contributed by atoms with Crippen LogP contribution < -0.4 is 4.72 Å². The molecule has 0 atom stereocenters. The van der Waals surface area contributed by atoms with Crippen LogP contribution in [0.15, 0.2) is 17.2 Å². The topological polar surface area (TPSA) is 88.4 Å². The van der Waals surface area contributed by atoms with Crippen LogP contribution in [0, 0.1) is 12.3 Å². The molecule has 0 saturated heterocycles. The first-order chi connectivity index (χ1) is 9.79. The molecule has 2 N–H and O–H groups in total. The van der Waals surface area contributed by atoms with Gasteiger partial charge in [0.05, 0.1) is 5.75 Å². The van der Waals surface area contributed by atoms with Crippen molar-refractivity contribution in [2.75, 3.05) is 18.1 Å². The van der Waals surface area contributed by atoms with Crippen LogP contribution in [0.4, 0.5) is 0 Å². The molecule has 1 heterocycles. The van der Waals surface area contributed by atoms with Crippen molar-refractivity contribution in [1.82, 2.24) is 9.29 Å². The second-order valence-electron chi connectivity index (χ2n) is 4.52. The Kier molecular flexibility index (Phi) is 6.33. The van der Waals surface area contributed by atoms with Crippen LogP contribution >= 0.6 is 11.8 Å². The number of rotatable bonds is 8. The molecule has 0 radical (unpaired) electrons. The van der Waals surface area contributed by atoms with E-state index < -0.39 is 16.0 Å². The minimum absolute atomic E-state index is 0.0458. The molecule has 0 fully saturated rings. The fraction of sp³-hybridized carbons (Fsp3) is 0.462. The molecular weight excluding hydrogens is 312 g/mol. The Morgan fingerprint density at radius 2 is 2.24 bits per heavy atom. The standard InChI is InChI=1S/C13H18N2O4S2/c1-4-6-20-7-5-14-21(18,19)11-8-12(13(16)17)15(9-11)10(2)3/h1,8-10,14H,5-7H2,2-3H3,(H,16,17). The van der Waals surface area contributed by atoms with E-state index in [2.05, 4.69) is 10.6 Å². The molecule has 0 unspecified atom stereocenters. The van der Waals surface area contributed by atoms with Crippen LogP contribution in [0.1, 0.15) is 30.4 Å². The molecule has 116 valence electrons. The first-order valence-corrected chi connectivity index (χ1v) is 8.89. The van der Waals surface area contributed by atoms with Crippen LogP contribution in [-0.2, 0) is 10.0 Å². The summed E-state index contributed by atoms with van der Waals surface area (Å²) >= 11 is 1.44. The third-order valence-corrected chi connectivity index (χ3v) is 4.92. The summed E-state index contributed by atoms with van der Waals surface area (Å²) in [6, 6.07) is 1.02. The van der Waals surface area contributed by atoms with Crippen molar-refractivity contribution in [2.24, 2.45) is 0 Å². The molecule has 0 spiro atoms. The third-order valence-electron chi connectivity index (χ3n) is 2.63. The molecule has 0 bridgehead atoms. The number of nitrogens with zero attached hydrogens (tertiary/aromatic N) is 1. The Hall–Kier alpha value is -1.43. The molecule has 0 aliphatic carbocycles. The zero-order valence-electron chi connectivity index (χ0n) is 11.9. The zero-order valence-corrected chi connectivity index (χ0v) is 13.5. The summed E-state index contributed by atoms with van der Waals surface area (Å²) in [7, 11) is -3.72. The Bertz CT molecular complexity index is 642. The second-order valence-corrected chi connectivity index (χ2v) is 7.39. The van der Waals surface area contributed by atoms with Gasteiger partial charge in [0.25, 0.3) is 0 Å². The summed E-state index contributed by atoms with van der Waals surface area (Å²) in [5.74, 6) is 2.37. The minimum Gasteiger partial charge on any atom is -0.477 e. The van der Waals surface area contributed by atoms with Gasteiger partial charge in [-0.05, 0) is 19.9 Å². The van der Waals surface area contributed by atoms with Gasteiger partial charge in [0.15, 0.2) is 0 Å².